The van der Waals surface area contributed by atoms with Crippen molar-refractivity contribution < 1.29 is 4.79 Å². The predicted octanol–water partition coefficient (Wildman–Crippen LogP) is 0.306. The van der Waals surface area contributed by atoms with Crippen LogP contribution in [0.2, 0.25) is 0 Å². The molecule has 2 aromatic heterocycles. The molecule has 8 heteroatoms. The molecule has 0 bridgehead atoms. The third-order valence-corrected chi connectivity index (χ3v) is 2.86. The van der Waals surface area contributed by atoms with Crippen molar-refractivity contribution in [2.45, 2.75) is 33.4 Å². The molecule has 1 amide bonds. The molecule has 2 rings (SSSR count). The highest BCUT2D eigenvalue weighted by molar-refractivity contribution is 5.89. The zero-order valence-corrected chi connectivity index (χ0v) is 12.0. The molecular weight excluding hydrogens is 260 g/mol. The summed E-state index contributed by atoms with van der Waals surface area (Å²) < 4.78 is 4.23. The molecule has 0 saturated heterocycles. The van der Waals surface area contributed by atoms with Gasteiger partial charge < -0.3 is 5.32 Å². The molecule has 0 fully saturated rings. The topological polar surface area (TPSA) is 86.7 Å². The van der Waals surface area contributed by atoms with Gasteiger partial charge in [0.1, 0.15) is 12.9 Å². The van der Waals surface area contributed by atoms with Gasteiger partial charge in [-0.05, 0) is 20.8 Å². The maximum absolute atomic E-state index is 11.9. The third kappa shape index (κ3) is 2.79. The van der Waals surface area contributed by atoms with Gasteiger partial charge in [0.05, 0.1) is 0 Å². The van der Waals surface area contributed by atoms with Gasteiger partial charge in [0.2, 0.25) is 5.91 Å². The van der Waals surface area contributed by atoms with E-state index in [1.807, 2.05) is 25.5 Å². The van der Waals surface area contributed by atoms with Gasteiger partial charge in [-0.1, -0.05) is 0 Å². The van der Waals surface area contributed by atoms with E-state index >= 15 is 0 Å². The van der Waals surface area contributed by atoms with Gasteiger partial charge >= 0.3 is 5.69 Å². The fourth-order valence-corrected chi connectivity index (χ4v) is 1.92. The molecule has 0 unspecified atom stereocenters. The maximum atomic E-state index is 11.9. The number of aryl methyl sites for hydroxylation is 2. The molecule has 0 atom stereocenters. The van der Waals surface area contributed by atoms with E-state index in [1.54, 1.807) is 13.1 Å². The van der Waals surface area contributed by atoms with Crippen LogP contribution in [0.3, 0.4) is 0 Å². The monoisotopic (exact) mass is 278 g/mol. The van der Waals surface area contributed by atoms with Gasteiger partial charge in [-0.3, -0.25) is 14.0 Å². The zero-order chi connectivity index (χ0) is 14.9. The van der Waals surface area contributed by atoms with Gasteiger partial charge in [0.25, 0.3) is 0 Å². The van der Waals surface area contributed by atoms with Gasteiger partial charge in [-0.25, -0.2) is 9.48 Å². The number of amides is 1. The number of nitrogens with zero attached hydrogens (tertiary/aromatic N) is 5. The summed E-state index contributed by atoms with van der Waals surface area (Å²) in [6, 6.07) is 2.01. The average molecular weight is 278 g/mol. The van der Waals surface area contributed by atoms with Crippen LogP contribution in [0.5, 0.6) is 0 Å². The van der Waals surface area contributed by atoms with Crippen LogP contribution >= 0.6 is 0 Å². The summed E-state index contributed by atoms with van der Waals surface area (Å²) in [7, 11) is 1.58. The van der Waals surface area contributed by atoms with Crippen LogP contribution in [0.25, 0.3) is 0 Å². The van der Waals surface area contributed by atoms with Crippen molar-refractivity contribution in [3.05, 3.63) is 28.6 Å². The second-order valence-corrected chi connectivity index (χ2v) is 4.94. The Morgan fingerprint density at radius 1 is 1.45 bits per heavy atom. The first-order chi connectivity index (χ1) is 9.38. The minimum Gasteiger partial charge on any atom is -0.308 e. The van der Waals surface area contributed by atoms with E-state index < -0.39 is 0 Å². The SMILES string of the molecule is Cc1cc(NC(=O)Cn2ncn(C)c2=O)nn1C(C)C. The van der Waals surface area contributed by atoms with Gasteiger partial charge in [0, 0.05) is 24.8 Å². The van der Waals surface area contributed by atoms with Crippen molar-refractivity contribution in [3.8, 4) is 0 Å². The van der Waals surface area contributed by atoms with Crippen LogP contribution in [0.4, 0.5) is 5.82 Å². The normalized spacial score (nSPS) is 11.1. The Hall–Kier alpha value is -2.38. The Labute approximate surface area is 116 Å². The molecule has 8 nitrogen and oxygen atoms in total. The first-order valence-corrected chi connectivity index (χ1v) is 6.33. The number of rotatable bonds is 4. The molecule has 20 heavy (non-hydrogen) atoms. The lowest BCUT2D eigenvalue weighted by Gasteiger charge is -2.07. The fraction of sp³-hybridized carbons (Fsp3) is 0.500. The molecule has 0 aliphatic heterocycles. The Kier molecular flexibility index (Phi) is 3.73. The van der Waals surface area contributed by atoms with Crippen LogP contribution in [-0.2, 0) is 18.4 Å². The number of carbonyl (C=O) groups is 1. The second kappa shape index (κ2) is 5.32. The molecule has 0 saturated carbocycles. The van der Waals surface area contributed by atoms with E-state index in [2.05, 4.69) is 15.5 Å². The number of hydrogen-bond donors (Lipinski definition) is 1. The summed E-state index contributed by atoms with van der Waals surface area (Å²) >= 11 is 0. The smallest absolute Gasteiger partial charge is 0.308 e. The summed E-state index contributed by atoms with van der Waals surface area (Å²) in [4.78, 5) is 23.4. The number of nitrogens with one attached hydrogen (secondary N) is 1. The molecule has 0 radical (unpaired) electrons. The molecule has 2 aromatic rings. The van der Waals surface area contributed by atoms with Gasteiger partial charge in [-0.15, -0.1) is 0 Å². The minimum atomic E-state index is -0.334. The second-order valence-electron chi connectivity index (χ2n) is 4.94. The Morgan fingerprint density at radius 3 is 2.65 bits per heavy atom. The largest absolute Gasteiger partial charge is 0.345 e. The van der Waals surface area contributed by atoms with Crippen molar-refractivity contribution in [1.82, 2.24) is 24.1 Å². The lowest BCUT2D eigenvalue weighted by molar-refractivity contribution is -0.117. The summed E-state index contributed by atoms with van der Waals surface area (Å²) in [5.74, 6) is 0.143. The van der Waals surface area contributed by atoms with Crippen molar-refractivity contribution in [1.29, 1.82) is 0 Å². The van der Waals surface area contributed by atoms with Crippen molar-refractivity contribution in [2.75, 3.05) is 5.32 Å². The van der Waals surface area contributed by atoms with Gasteiger partial charge in [-0.2, -0.15) is 10.2 Å². The molecule has 1 N–H and O–H groups in total. The van der Waals surface area contributed by atoms with E-state index in [-0.39, 0.29) is 24.2 Å². The zero-order valence-electron chi connectivity index (χ0n) is 12.0. The number of anilines is 1. The first kappa shape index (κ1) is 14.0. The Bertz CT molecular complexity index is 678. The Morgan fingerprint density at radius 2 is 2.15 bits per heavy atom. The molecule has 108 valence electrons. The third-order valence-electron chi connectivity index (χ3n) is 2.86. The van der Waals surface area contributed by atoms with E-state index in [1.165, 1.54) is 10.9 Å². The standard InChI is InChI=1S/C12H18N6O2/c1-8(2)18-9(3)5-10(15-18)14-11(19)6-17-12(20)16(4)7-13-17/h5,7-8H,6H2,1-4H3,(H,14,15,19). The molecular formula is C12H18N6O2. The molecule has 0 aliphatic carbocycles. The van der Waals surface area contributed by atoms with Gasteiger partial charge in [0.15, 0.2) is 5.82 Å². The summed E-state index contributed by atoms with van der Waals surface area (Å²) in [6.45, 7) is 5.82. The number of carbonyl (C=O) groups excluding carboxylic acids is 1. The number of hydrogen-bond acceptors (Lipinski definition) is 4. The quantitative estimate of drug-likeness (QED) is 0.871. The summed E-state index contributed by atoms with van der Waals surface area (Å²) in [5.41, 5.74) is 0.634. The number of aromatic nitrogens is 5. The van der Waals surface area contributed by atoms with Crippen molar-refractivity contribution >= 4 is 11.7 Å². The summed E-state index contributed by atoms with van der Waals surface area (Å²) in [5, 5.41) is 10.8. The van der Waals surface area contributed by atoms with E-state index in [4.69, 9.17) is 0 Å². The fourth-order valence-electron chi connectivity index (χ4n) is 1.92. The van der Waals surface area contributed by atoms with E-state index in [9.17, 15) is 9.59 Å². The summed E-state index contributed by atoms with van der Waals surface area (Å²) in [6.07, 6.45) is 1.37. The van der Waals surface area contributed by atoms with Crippen LogP contribution in [0.15, 0.2) is 17.2 Å². The van der Waals surface area contributed by atoms with E-state index in [0.29, 0.717) is 5.82 Å². The highest BCUT2D eigenvalue weighted by Gasteiger charge is 2.12. The van der Waals surface area contributed by atoms with Crippen LogP contribution in [0, 0.1) is 6.92 Å². The molecule has 0 aromatic carbocycles. The average Bonchev–Trinajstić information content (AvgIpc) is 2.87. The van der Waals surface area contributed by atoms with Crippen molar-refractivity contribution in [3.63, 3.8) is 0 Å². The lowest BCUT2D eigenvalue weighted by Crippen LogP contribution is -2.29. The molecule has 2 heterocycles. The first-order valence-electron chi connectivity index (χ1n) is 6.33. The predicted molar refractivity (Wildman–Crippen MR) is 73.4 cm³/mol. The molecule has 0 aliphatic rings. The van der Waals surface area contributed by atoms with E-state index in [0.717, 1.165) is 10.4 Å². The highest BCUT2D eigenvalue weighted by atomic mass is 16.2. The van der Waals surface area contributed by atoms with Crippen molar-refractivity contribution in [2.24, 2.45) is 7.05 Å². The lowest BCUT2D eigenvalue weighted by atomic mass is 10.4. The van der Waals surface area contributed by atoms with Crippen LogP contribution in [-0.4, -0.2) is 30.0 Å². The van der Waals surface area contributed by atoms with Crippen LogP contribution < -0.4 is 11.0 Å². The van der Waals surface area contributed by atoms with Crippen LogP contribution in [0.1, 0.15) is 25.6 Å². The Balaban J connectivity index is 2.07. The minimum absolute atomic E-state index is 0.132. The molecule has 0 spiro atoms. The highest BCUT2D eigenvalue weighted by Crippen LogP contribution is 2.13. The maximum Gasteiger partial charge on any atom is 0.345 e.